The van der Waals surface area contributed by atoms with Gasteiger partial charge in [0.25, 0.3) is 0 Å². The molecule has 1 unspecified atom stereocenters. The molecule has 2 aliphatic rings. The molecule has 0 spiro atoms. The third-order valence-corrected chi connectivity index (χ3v) is 6.96. The van der Waals surface area contributed by atoms with Crippen LogP contribution in [0.2, 0.25) is 0 Å². The Bertz CT molecular complexity index is 1120. The SMILES string of the molecule is COC(=O)c1cc(Oc2ccc(B3OC(C)(C)C(C)(C)O3)cc2)c(CN2CC(C)CC2=O)cc1F. The highest BCUT2D eigenvalue weighted by molar-refractivity contribution is 6.62. The van der Waals surface area contributed by atoms with E-state index in [9.17, 15) is 14.0 Å². The van der Waals surface area contributed by atoms with Crippen LogP contribution in [0, 0.1) is 11.7 Å². The second-order valence-electron chi connectivity index (χ2n) is 10.3. The molecule has 2 aromatic rings. The molecule has 0 N–H and O–H groups in total. The van der Waals surface area contributed by atoms with E-state index in [0.717, 1.165) is 5.46 Å². The largest absolute Gasteiger partial charge is 0.494 e. The molecule has 1 amide bonds. The molecular weight excluding hydrogens is 452 g/mol. The highest BCUT2D eigenvalue weighted by Gasteiger charge is 2.51. The molecule has 4 rings (SSSR count). The Morgan fingerprint density at radius 3 is 2.31 bits per heavy atom. The van der Waals surface area contributed by atoms with Crippen molar-refractivity contribution in [3.05, 3.63) is 53.3 Å². The zero-order chi connectivity index (χ0) is 25.5. The number of ether oxygens (including phenoxy) is 2. The number of carbonyl (C=O) groups is 2. The van der Waals surface area contributed by atoms with Crippen molar-refractivity contribution in [2.45, 2.75) is 58.8 Å². The lowest BCUT2D eigenvalue weighted by Crippen LogP contribution is -2.41. The molecule has 2 saturated heterocycles. The third-order valence-electron chi connectivity index (χ3n) is 6.96. The first-order valence-corrected chi connectivity index (χ1v) is 11.7. The number of benzene rings is 2. The number of amides is 1. The van der Waals surface area contributed by atoms with E-state index in [2.05, 4.69) is 0 Å². The molecule has 0 aliphatic carbocycles. The van der Waals surface area contributed by atoms with Crippen LogP contribution in [0.5, 0.6) is 11.5 Å². The van der Waals surface area contributed by atoms with Crippen LogP contribution in [0.15, 0.2) is 36.4 Å². The topological polar surface area (TPSA) is 74.3 Å². The van der Waals surface area contributed by atoms with Gasteiger partial charge >= 0.3 is 13.1 Å². The van der Waals surface area contributed by atoms with E-state index >= 15 is 0 Å². The lowest BCUT2D eigenvalue weighted by molar-refractivity contribution is -0.128. The molecule has 186 valence electrons. The number of hydrogen-bond acceptors (Lipinski definition) is 6. The summed E-state index contributed by atoms with van der Waals surface area (Å²) < 4.78 is 37.7. The number of halogens is 1. The van der Waals surface area contributed by atoms with Gasteiger partial charge in [-0.05, 0) is 63.3 Å². The summed E-state index contributed by atoms with van der Waals surface area (Å²) in [7, 11) is 0.680. The summed E-state index contributed by atoms with van der Waals surface area (Å²) >= 11 is 0. The zero-order valence-corrected chi connectivity index (χ0v) is 21.0. The molecule has 2 aliphatic heterocycles. The quantitative estimate of drug-likeness (QED) is 0.456. The molecule has 1 atom stereocenters. The average molecular weight is 483 g/mol. The number of nitrogens with zero attached hydrogens (tertiary/aromatic N) is 1. The summed E-state index contributed by atoms with van der Waals surface area (Å²) in [5, 5.41) is 0. The van der Waals surface area contributed by atoms with Crippen LogP contribution >= 0.6 is 0 Å². The van der Waals surface area contributed by atoms with E-state index in [1.165, 1.54) is 19.2 Å². The second kappa shape index (κ2) is 9.28. The van der Waals surface area contributed by atoms with E-state index < -0.39 is 30.1 Å². The number of likely N-dealkylation sites (tertiary alicyclic amines) is 1. The Morgan fingerprint density at radius 2 is 1.77 bits per heavy atom. The Balaban J connectivity index is 1.59. The molecular formula is C26H31BFNO6. The van der Waals surface area contributed by atoms with Crippen LogP contribution in [0.4, 0.5) is 4.39 Å². The minimum absolute atomic E-state index is 0.00710. The van der Waals surface area contributed by atoms with Gasteiger partial charge in [-0.25, -0.2) is 9.18 Å². The van der Waals surface area contributed by atoms with Crippen LogP contribution in [-0.2, 0) is 25.4 Å². The van der Waals surface area contributed by atoms with E-state index in [-0.39, 0.29) is 29.7 Å². The number of hydrogen-bond donors (Lipinski definition) is 0. The Morgan fingerprint density at radius 1 is 1.14 bits per heavy atom. The summed E-state index contributed by atoms with van der Waals surface area (Å²) in [5.41, 5.74) is 0.158. The van der Waals surface area contributed by atoms with Crippen LogP contribution < -0.4 is 10.2 Å². The van der Waals surface area contributed by atoms with Gasteiger partial charge in [-0.3, -0.25) is 4.79 Å². The fourth-order valence-corrected chi connectivity index (χ4v) is 4.21. The molecule has 7 nitrogen and oxygen atoms in total. The predicted molar refractivity (Wildman–Crippen MR) is 129 cm³/mol. The number of carbonyl (C=O) groups excluding carboxylic acids is 2. The number of esters is 1. The average Bonchev–Trinajstić information content (AvgIpc) is 3.22. The van der Waals surface area contributed by atoms with Gasteiger partial charge in [-0.2, -0.15) is 0 Å². The van der Waals surface area contributed by atoms with Crippen molar-refractivity contribution in [2.75, 3.05) is 13.7 Å². The molecule has 2 aromatic carbocycles. The predicted octanol–water partition coefficient (Wildman–Crippen LogP) is 4.07. The summed E-state index contributed by atoms with van der Waals surface area (Å²) in [6, 6.07) is 9.75. The molecule has 0 bridgehead atoms. The first-order valence-electron chi connectivity index (χ1n) is 11.7. The molecule has 0 aromatic heterocycles. The highest BCUT2D eigenvalue weighted by Crippen LogP contribution is 2.37. The van der Waals surface area contributed by atoms with Crippen molar-refractivity contribution in [1.29, 1.82) is 0 Å². The second-order valence-corrected chi connectivity index (χ2v) is 10.3. The number of rotatable bonds is 6. The summed E-state index contributed by atoms with van der Waals surface area (Å²) in [6.45, 7) is 10.7. The van der Waals surface area contributed by atoms with Crippen LogP contribution in [0.3, 0.4) is 0 Å². The zero-order valence-electron chi connectivity index (χ0n) is 21.0. The molecule has 2 fully saturated rings. The minimum Gasteiger partial charge on any atom is -0.465 e. The van der Waals surface area contributed by atoms with E-state index in [0.29, 0.717) is 24.3 Å². The molecule has 0 radical (unpaired) electrons. The molecule has 0 saturated carbocycles. The van der Waals surface area contributed by atoms with Crippen molar-refractivity contribution < 1.29 is 32.8 Å². The molecule has 9 heteroatoms. The maximum atomic E-state index is 14.7. The molecule has 35 heavy (non-hydrogen) atoms. The highest BCUT2D eigenvalue weighted by atomic mass is 19.1. The fourth-order valence-electron chi connectivity index (χ4n) is 4.21. The van der Waals surface area contributed by atoms with E-state index in [1.807, 2.05) is 46.8 Å². The van der Waals surface area contributed by atoms with Crippen LogP contribution in [0.25, 0.3) is 0 Å². The van der Waals surface area contributed by atoms with Gasteiger partial charge in [0.2, 0.25) is 5.91 Å². The summed E-state index contributed by atoms with van der Waals surface area (Å²) in [6.07, 6.45) is 0.458. The van der Waals surface area contributed by atoms with Crippen molar-refractivity contribution in [1.82, 2.24) is 4.90 Å². The lowest BCUT2D eigenvalue weighted by Gasteiger charge is -2.32. The van der Waals surface area contributed by atoms with Gasteiger partial charge in [-0.1, -0.05) is 19.1 Å². The molecule has 2 heterocycles. The summed E-state index contributed by atoms with van der Waals surface area (Å²) in [4.78, 5) is 26.1. The normalized spacial score (nSPS) is 20.9. The maximum absolute atomic E-state index is 14.7. The van der Waals surface area contributed by atoms with E-state index in [4.69, 9.17) is 18.8 Å². The van der Waals surface area contributed by atoms with E-state index in [1.54, 1.807) is 17.0 Å². The lowest BCUT2D eigenvalue weighted by atomic mass is 9.79. The third kappa shape index (κ3) is 5.06. The Hall–Kier alpha value is -2.91. The van der Waals surface area contributed by atoms with Crippen molar-refractivity contribution in [3.8, 4) is 11.5 Å². The Kier molecular flexibility index (Phi) is 6.68. The first-order chi connectivity index (χ1) is 16.4. The minimum atomic E-state index is -0.805. The van der Waals surface area contributed by atoms with Crippen molar-refractivity contribution in [2.24, 2.45) is 5.92 Å². The Labute approximate surface area is 205 Å². The van der Waals surface area contributed by atoms with Gasteiger partial charge in [0, 0.05) is 25.1 Å². The van der Waals surface area contributed by atoms with Gasteiger partial charge in [-0.15, -0.1) is 0 Å². The number of methoxy groups -OCH3 is 1. The van der Waals surface area contributed by atoms with Gasteiger partial charge in [0.05, 0.1) is 23.9 Å². The smallest absolute Gasteiger partial charge is 0.465 e. The van der Waals surface area contributed by atoms with Crippen molar-refractivity contribution in [3.63, 3.8) is 0 Å². The van der Waals surface area contributed by atoms with Crippen LogP contribution in [-0.4, -0.2) is 48.8 Å². The maximum Gasteiger partial charge on any atom is 0.494 e. The van der Waals surface area contributed by atoms with Gasteiger partial charge < -0.3 is 23.7 Å². The fraction of sp³-hybridized carbons (Fsp3) is 0.462. The standard InChI is InChI=1S/C26H31BFNO6/c1-16-11-23(30)29(14-16)15-17-12-21(28)20(24(31)32-6)13-22(17)33-19-9-7-18(8-10-19)27-34-25(2,3)26(4,5)35-27/h7-10,12-13,16H,11,14-15H2,1-6H3. The van der Waals surface area contributed by atoms with Gasteiger partial charge in [0.15, 0.2) is 0 Å². The van der Waals surface area contributed by atoms with Crippen LogP contribution in [0.1, 0.15) is 57.0 Å². The summed E-state index contributed by atoms with van der Waals surface area (Å²) in [5.74, 6) is -0.533. The van der Waals surface area contributed by atoms with Crippen molar-refractivity contribution >= 4 is 24.5 Å². The first kappa shape index (κ1) is 25.2. The van der Waals surface area contributed by atoms with Gasteiger partial charge in [0.1, 0.15) is 17.3 Å². The monoisotopic (exact) mass is 483 g/mol.